The van der Waals surface area contributed by atoms with Crippen molar-refractivity contribution < 1.29 is 32.5 Å². The largest absolute Gasteiger partial charge is 0.493 e. The Kier molecular flexibility index (Phi) is 5.60. The minimum absolute atomic E-state index is 0.105. The van der Waals surface area contributed by atoms with Crippen molar-refractivity contribution in [2.24, 2.45) is 11.8 Å². The second-order valence-corrected chi connectivity index (χ2v) is 7.74. The Morgan fingerprint density at radius 2 is 1.93 bits per heavy atom. The van der Waals surface area contributed by atoms with Crippen LogP contribution in [0.1, 0.15) is 12.0 Å². The number of carboxylic acids is 1. The smallest absolute Gasteiger partial charge is 0.419 e. The monoisotopic (exact) mass is 421 g/mol. The molecule has 2 heterocycles. The fraction of sp³-hybridized carbons (Fsp3) is 0.409. The van der Waals surface area contributed by atoms with Gasteiger partial charge in [0.1, 0.15) is 5.75 Å². The molecular formula is C22H22F3NO4. The lowest BCUT2D eigenvalue weighted by Crippen LogP contribution is -2.50. The van der Waals surface area contributed by atoms with E-state index in [2.05, 4.69) is 0 Å². The summed E-state index contributed by atoms with van der Waals surface area (Å²) in [4.78, 5) is 12.9. The third-order valence-corrected chi connectivity index (χ3v) is 5.56. The number of hydrogen-bond donors (Lipinski definition) is 1. The summed E-state index contributed by atoms with van der Waals surface area (Å²) in [5.41, 5.74) is 1.04. The molecule has 0 spiro atoms. The van der Waals surface area contributed by atoms with Crippen molar-refractivity contribution in [1.82, 2.24) is 0 Å². The summed E-state index contributed by atoms with van der Waals surface area (Å²) < 4.78 is 51.7. The van der Waals surface area contributed by atoms with E-state index in [0.29, 0.717) is 37.4 Å². The Hall–Kier alpha value is -2.74. The van der Waals surface area contributed by atoms with Crippen molar-refractivity contribution in [3.05, 3.63) is 48.0 Å². The van der Waals surface area contributed by atoms with Crippen molar-refractivity contribution in [2.75, 3.05) is 37.8 Å². The second kappa shape index (κ2) is 8.18. The average Bonchev–Trinajstić information content (AvgIpc) is 3.18. The number of halogens is 3. The number of anilines is 1. The van der Waals surface area contributed by atoms with Gasteiger partial charge in [0.15, 0.2) is 0 Å². The number of hydrogen-bond acceptors (Lipinski definition) is 4. The van der Waals surface area contributed by atoms with Gasteiger partial charge in [0.2, 0.25) is 0 Å². The third-order valence-electron chi connectivity index (χ3n) is 5.56. The Bertz CT molecular complexity index is 919. The molecule has 2 saturated heterocycles. The van der Waals surface area contributed by atoms with Crippen LogP contribution < -0.4 is 9.64 Å². The first-order chi connectivity index (χ1) is 14.3. The first-order valence-corrected chi connectivity index (χ1v) is 9.81. The Balaban J connectivity index is 1.55. The van der Waals surface area contributed by atoms with Gasteiger partial charge in [0, 0.05) is 31.3 Å². The molecule has 8 heteroatoms. The van der Waals surface area contributed by atoms with Gasteiger partial charge in [-0.25, -0.2) is 0 Å². The molecule has 2 aliphatic heterocycles. The molecule has 0 amide bonds. The minimum atomic E-state index is -4.54. The lowest BCUT2D eigenvalue weighted by molar-refractivity contribution is -0.142. The highest BCUT2D eigenvalue weighted by atomic mass is 19.4. The number of alkyl halides is 3. The predicted octanol–water partition coefficient (Wildman–Crippen LogP) is 4.31. The highest BCUT2D eigenvalue weighted by Crippen LogP contribution is 2.40. The van der Waals surface area contributed by atoms with E-state index in [4.69, 9.17) is 14.6 Å². The van der Waals surface area contributed by atoms with Gasteiger partial charge in [0.25, 0.3) is 0 Å². The molecule has 1 atom stereocenters. The molecule has 2 aromatic rings. The number of carboxylic acid groups (broad SMARTS) is 1. The maximum atomic E-state index is 13.7. The fourth-order valence-electron chi connectivity index (χ4n) is 3.71. The van der Waals surface area contributed by atoms with E-state index in [1.165, 1.54) is 6.07 Å². The van der Waals surface area contributed by atoms with Crippen LogP contribution in [0.25, 0.3) is 11.1 Å². The average molecular weight is 421 g/mol. The lowest BCUT2D eigenvalue weighted by atomic mass is 9.97. The summed E-state index contributed by atoms with van der Waals surface area (Å²) in [5.74, 6) is -1.32. The molecule has 2 aromatic carbocycles. The SMILES string of the molecule is O=C(O)C1CN(c2cccc(-c3ccc(OCC4CCOC4)c(C(F)(F)F)c3)c2)C1. The molecule has 30 heavy (non-hydrogen) atoms. The van der Waals surface area contributed by atoms with Gasteiger partial charge < -0.3 is 19.5 Å². The van der Waals surface area contributed by atoms with E-state index in [1.807, 2.05) is 11.0 Å². The molecular weight excluding hydrogens is 399 g/mol. The van der Waals surface area contributed by atoms with Crippen molar-refractivity contribution in [3.63, 3.8) is 0 Å². The van der Waals surface area contributed by atoms with Crippen LogP contribution in [0.3, 0.4) is 0 Å². The van der Waals surface area contributed by atoms with Gasteiger partial charge in [0.05, 0.1) is 24.7 Å². The lowest BCUT2D eigenvalue weighted by Gasteiger charge is -2.38. The second-order valence-electron chi connectivity index (χ2n) is 7.74. The van der Waals surface area contributed by atoms with Crippen LogP contribution in [0.4, 0.5) is 18.9 Å². The molecule has 2 aliphatic rings. The van der Waals surface area contributed by atoms with Crippen LogP contribution in [0.5, 0.6) is 5.75 Å². The number of rotatable bonds is 6. The van der Waals surface area contributed by atoms with Crippen LogP contribution in [0.15, 0.2) is 42.5 Å². The molecule has 160 valence electrons. The predicted molar refractivity (Wildman–Crippen MR) is 105 cm³/mol. The summed E-state index contributed by atoms with van der Waals surface area (Å²) in [5, 5.41) is 9.02. The summed E-state index contributed by atoms with van der Waals surface area (Å²) in [7, 11) is 0. The maximum absolute atomic E-state index is 13.7. The normalized spacial score (nSPS) is 19.6. The van der Waals surface area contributed by atoms with E-state index in [1.54, 1.807) is 24.3 Å². The fourth-order valence-corrected chi connectivity index (χ4v) is 3.71. The molecule has 0 saturated carbocycles. The number of carbonyl (C=O) groups is 1. The van der Waals surface area contributed by atoms with Gasteiger partial charge in [-0.15, -0.1) is 0 Å². The van der Waals surface area contributed by atoms with Crippen LogP contribution in [0, 0.1) is 11.8 Å². The zero-order chi connectivity index (χ0) is 21.3. The first kappa shape index (κ1) is 20.5. The van der Waals surface area contributed by atoms with Gasteiger partial charge in [-0.2, -0.15) is 13.2 Å². The van der Waals surface area contributed by atoms with Gasteiger partial charge in [-0.1, -0.05) is 18.2 Å². The molecule has 0 radical (unpaired) electrons. The molecule has 2 fully saturated rings. The number of nitrogens with zero attached hydrogens (tertiary/aromatic N) is 1. The van der Waals surface area contributed by atoms with Crippen LogP contribution in [-0.2, 0) is 15.7 Å². The van der Waals surface area contributed by atoms with E-state index in [9.17, 15) is 18.0 Å². The van der Waals surface area contributed by atoms with Gasteiger partial charge in [-0.3, -0.25) is 4.79 Å². The Morgan fingerprint density at radius 1 is 1.17 bits per heavy atom. The van der Waals surface area contributed by atoms with Crippen LogP contribution >= 0.6 is 0 Å². The van der Waals surface area contributed by atoms with Crippen LogP contribution in [0.2, 0.25) is 0 Å². The number of benzene rings is 2. The topological polar surface area (TPSA) is 59.0 Å². The number of ether oxygens (including phenoxy) is 2. The summed E-state index contributed by atoms with van der Waals surface area (Å²) >= 11 is 0. The highest BCUT2D eigenvalue weighted by molar-refractivity contribution is 5.76. The first-order valence-electron chi connectivity index (χ1n) is 9.81. The molecule has 5 nitrogen and oxygen atoms in total. The van der Waals surface area contributed by atoms with E-state index >= 15 is 0 Å². The maximum Gasteiger partial charge on any atom is 0.419 e. The molecule has 1 unspecified atom stereocenters. The highest BCUT2D eigenvalue weighted by Gasteiger charge is 2.35. The minimum Gasteiger partial charge on any atom is -0.493 e. The quantitative estimate of drug-likeness (QED) is 0.753. The van der Waals surface area contributed by atoms with Crippen molar-refractivity contribution in [2.45, 2.75) is 12.6 Å². The van der Waals surface area contributed by atoms with Crippen molar-refractivity contribution in [1.29, 1.82) is 0 Å². The summed E-state index contributed by atoms with van der Waals surface area (Å²) in [6, 6.07) is 11.2. The molecule has 1 N–H and O–H groups in total. The molecule has 0 aromatic heterocycles. The van der Waals surface area contributed by atoms with Gasteiger partial charge >= 0.3 is 12.1 Å². The summed E-state index contributed by atoms with van der Waals surface area (Å²) in [6.45, 7) is 2.09. The zero-order valence-corrected chi connectivity index (χ0v) is 16.2. The van der Waals surface area contributed by atoms with Crippen molar-refractivity contribution in [3.8, 4) is 16.9 Å². The van der Waals surface area contributed by atoms with Gasteiger partial charge in [-0.05, 0) is 41.8 Å². The van der Waals surface area contributed by atoms with E-state index in [0.717, 1.165) is 18.2 Å². The van der Waals surface area contributed by atoms with Crippen molar-refractivity contribution >= 4 is 11.7 Å². The molecule has 0 bridgehead atoms. The zero-order valence-electron chi connectivity index (χ0n) is 16.2. The van der Waals surface area contributed by atoms with E-state index in [-0.39, 0.29) is 18.3 Å². The third kappa shape index (κ3) is 4.38. The molecule has 0 aliphatic carbocycles. The number of aliphatic carboxylic acids is 1. The van der Waals surface area contributed by atoms with E-state index < -0.39 is 23.6 Å². The summed E-state index contributed by atoms with van der Waals surface area (Å²) in [6.07, 6.45) is -3.76. The standard InChI is InChI=1S/C22H22F3NO4/c23-22(24,25)19-9-16(4-5-20(19)30-13-14-6-7-29-12-14)15-2-1-3-18(8-15)26-10-17(11-26)21(27)28/h1-5,8-9,14,17H,6-7,10-13H2,(H,27,28). The Labute approximate surface area is 172 Å². The Morgan fingerprint density at radius 3 is 2.60 bits per heavy atom. The molecule has 4 rings (SSSR count). The van der Waals surface area contributed by atoms with Crippen LogP contribution in [-0.4, -0.2) is 44.0 Å².